The molecule has 1 aliphatic rings. The molecule has 0 radical (unpaired) electrons. The van der Waals surface area contributed by atoms with Gasteiger partial charge in [0.2, 0.25) is 0 Å². The zero-order chi connectivity index (χ0) is 14.2. The quantitative estimate of drug-likeness (QED) is 0.530. The number of nitrogens with two attached hydrogens (primary N) is 1. The van der Waals surface area contributed by atoms with Crippen LogP contribution in [-0.2, 0) is 0 Å². The van der Waals surface area contributed by atoms with Gasteiger partial charge in [-0.1, -0.05) is 48.5 Å². The maximum absolute atomic E-state index is 6.19. The number of nitrogen functional groups attached to an aromatic ring is 1. The lowest BCUT2D eigenvalue weighted by Gasteiger charge is -2.00. The van der Waals surface area contributed by atoms with Crippen LogP contribution in [0.3, 0.4) is 0 Å². The number of anilines is 1. The van der Waals surface area contributed by atoms with Crippen LogP contribution in [-0.4, -0.2) is 0 Å². The molecule has 0 aliphatic carbocycles. The Bertz CT molecular complexity index is 941. The maximum Gasteiger partial charge on any atom is 0.0945 e. The molecule has 1 aliphatic heterocycles. The van der Waals surface area contributed by atoms with Gasteiger partial charge in [-0.3, -0.25) is 0 Å². The minimum absolute atomic E-state index is 0.728. The number of nitrogens with zero attached hydrogens (tertiary/aromatic N) is 1. The topological polar surface area (TPSA) is 38.4 Å². The number of hydrogen-bond donors (Lipinski definition) is 1. The van der Waals surface area contributed by atoms with Gasteiger partial charge < -0.3 is 5.73 Å². The molecule has 2 nitrogen and oxygen atoms in total. The van der Waals surface area contributed by atoms with E-state index in [0.29, 0.717) is 0 Å². The van der Waals surface area contributed by atoms with E-state index in [1.807, 2.05) is 42.5 Å². The van der Waals surface area contributed by atoms with E-state index in [4.69, 9.17) is 5.73 Å². The Morgan fingerprint density at radius 2 is 1.57 bits per heavy atom. The number of benzene rings is 3. The second-order valence-corrected chi connectivity index (χ2v) is 5.19. The summed E-state index contributed by atoms with van der Waals surface area (Å²) < 4.78 is 0. The molecule has 0 bridgehead atoms. The molecule has 0 amide bonds. The zero-order valence-corrected chi connectivity index (χ0v) is 11.5. The smallest absolute Gasteiger partial charge is 0.0945 e. The Kier molecular flexibility index (Phi) is 2.61. The summed E-state index contributed by atoms with van der Waals surface area (Å²) in [6.45, 7) is 0. The minimum atomic E-state index is 0.728. The first-order chi connectivity index (χ1) is 10.3. The van der Waals surface area contributed by atoms with E-state index in [-0.39, 0.29) is 0 Å². The van der Waals surface area contributed by atoms with E-state index in [2.05, 4.69) is 35.3 Å². The number of para-hydroxylation sites is 1. The van der Waals surface area contributed by atoms with Gasteiger partial charge in [0.15, 0.2) is 0 Å². The molecule has 0 saturated heterocycles. The van der Waals surface area contributed by atoms with Gasteiger partial charge in [0.1, 0.15) is 0 Å². The van der Waals surface area contributed by atoms with E-state index in [0.717, 1.165) is 33.1 Å². The second kappa shape index (κ2) is 4.60. The normalized spacial score (nSPS) is 12.7. The van der Waals surface area contributed by atoms with Gasteiger partial charge in [-0.25, -0.2) is 4.99 Å². The second-order valence-electron chi connectivity index (χ2n) is 5.19. The highest BCUT2D eigenvalue weighted by atomic mass is 14.8. The average molecular weight is 270 g/mol. The fourth-order valence-electron chi connectivity index (χ4n) is 2.75. The van der Waals surface area contributed by atoms with E-state index < -0.39 is 0 Å². The summed E-state index contributed by atoms with van der Waals surface area (Å²) in [5, 5.41) is 1.99. The van der Waals surface area contributed by atoms with Crippen LogP contribution in [0.15, 0.2) is 71.7 Å². The first kappa shape index (κ1) is 11.9. The molecule has 100 valence electrons. The predicted octanol–water partition coefficient (Wildman–Crippen LogP) is 3.03. The molecule has 0 atom stereocenters. The zero-order valence-electron chi connectivity index (χ0n) is 11.5. The highest BCUT2D eigenvalue weighted by Crippen LogP contribution is 2.31. The van der Waals surface area contributed by atoms with Crippen LogP contribution in [0.1, 0.15) is 5.56 Å². The van der Waals surface area contributed by atoms with Crippen molar-refractivity contribution in [3.63, 3.8) is 0 Å². The lowest BCUT2D eigenvalue weighted by Crippen LogP contribution is -2.15. The predicted molar refractivity (Wildman–Crippen MR) is 86.7 cm³/mol. The Morgan fingerprint density at radius 1 is 0.810 bits per heavy atom. The Morgan fingerprint density at radius 3 is 2.43 bits per heavy atom. The van der Waals surface area contributed by atoms with Crippen LogP contribution in [0.2, 0.25) is 0 Å². The van der Waals surface area contributed by atoms with Gasteiger partial charge in [0.05, 0.1) is 16.7 Å². The molecule has 0 spiro atoms. The maximum atomic E-state index is 6.19. The summed E-state index contributed by atoms with van der Waals surface area (Å²) in [6.07, 6.45) is 2.14. The van der Waals surface area contributed by atoms with Crippen LogP contribution in [0.4, 0.5) is 11.4 Å². The molecule has 0 aromatic heterocycles. The van der Waals surface area contributed by atoms with Crippen LogP contribution < -0.4 is 16.3 Å². The van der Waals surface area contributed by atoms with Gasteiger partial charge in [-0.2, -0.15) is 0 Å². The van der Waals surface area contributed by atoms with Crippen molar-refractivity contribution >= 4 is 17.5 Å². The van der Waals surface area contributed by atoms with Gasteiger partial charge in [0.25, 0.3) is 0 Å². The standard InChI is InChI=1S/C19H14N2/c20-17-12-14(10-13-6-2-1-3-7-13)11-16-15-8-4-5-9-18(15)21-19(16)17/h1-12H,20H2. The summed E-state index contributed by atoms with van der Waals surface area (Å²) in [6, 6.07) is 22.6. The van der Waals surface area contributed by atoms with Crippen LogP contribution in [0.25, 0.3) is 17.2 Å². The van der Waals surface area contributed by atoms with Crippen molar-refractivity contribution in [2.45, 2.75) is 0 Å². The molecular weight excluding hydrogens is 256 g/mol. The van der Waals surface area contributed by atoms with Crippen molar-refractivity contribution < 1.29 is 0 Å². The number of hydrogen-bond acceptors (Lipinski definition) is 2. The van der Waals surface area contributed by atoms with E-state index in [9.17, 15) is 0 Å². The molecule has 0 saturated carbocycles. The third-order valence-electron chi connectivity index (χ3n) is 3.72. The minimum Gasteiger partial charge on any atom is -0.397 e. The van der Waals surface area contributed by atoms with Crippen molar-refractivity contribution in [2.75, 3.05) is 5.73 Å². The monoisotopic (exact) mass is 270 g/mol. The van der Waals surface area contributed by atoms with E-state index >= 15 is 0 Å². The first-order valence-electron chi connectivity index (χ1n) is 6.96. The van der Waals surface area contributed by atoms with Crippen molar-refractivity contribution in [2.24, 2.45) is 4.99 Å². The Balaban J connectivity index is 1.96. The largest absolute Gasteiger partial charge is 0.397 e. The van der Waals surface area contributed by atoms with Gasteiger partial charge in [-0.05, 0) is 35.1 Å². The van der Waals surface area contributed by atoms with Crippen LogP contribution in [0, 0.1) is 0 Å². The Labute approximate surface area is 122 Å². The molecular formula is C19H14N2. The summed E-state index contributed by atoms with van der Waals surface area (Å²) in [7, 11) is 0. The third-order valence-corrected chi connectivity index (χ3v) is 3.72. The van der Waals surface area contributed by atoms with Gasteiger partial charge in [-0.15, -0.1) is 0 Å². The van der Waals surface area contributed by atoms with Crippen molar-refractivity contribution in [3.05, 3.63) is 82.9 Å². The first-order valence-corrected chi connectivity index (χ1v) is 6.96. The molecule has 1 heterocycles. The lowest BCUT2D eigenvalue weighted by molar-refractivity contribution is 1.41. The van der Waals surface area contributed by atoms with Crippen LogP contribution in [0.5, 0.6) is 0 Å². The fraction of sp³-hybridized carbons (Fsp3) is 0. The summed E-state index contributed by atoms with van der Waals surface area (Å²) in [5.74, 6) is 0. The van der Waals surface area contributed by atoms with Crippen molar-refractivity contribution in [1.82, 2.24) is 0 Å². The SMILES string of the molecule is Nc1cc(=Cc2ccccc2)cc2c1=Nc1ccccc1-2. The van der Waals surface area contributed by atoms with Crippen molar-refractivity contribution in [3.8, 4) is 11.1 Å². The summed E-state index contributed by atoms with van der Waals surface area (Å²) >= 11 is 0. The molecule has 0 fully saturated rings. The summed E-state index contributed by atoms with van der Waals surface area (Å²) in [4.78, 5) is 4.62. The van der Waals surface area contributed by atoms with Gasteiger partial charge >= 0.3 is 0 Å². The van der Waals surface area contributed by atoms with E-state index in [1.54, 1.807) is 0 Å². The van der Waals surface area contributed by atoms with E-state index in [1.165, 1.54) is 5.56 Å². The molecule has 3 aromatic rings. The van der Waals surface area contributed by atoms with Gasteiger partial charge in [0, 0.05) is 11.1 Å². The molecule has 2 heteroatoms. The molecule has 21 heavy (non-hydrogen) atoms. The fourth-order valence-corrected chi connectivity index (χ4v) is 2.75. The molecule has 0 unspecified atom stereocenters. The number of fused-ring (bicyclic) bond motifs is 3. The molecule has 3 aromatic carbocycles. The number of rotatable bonds is 1. The third kappa shape index (κ3) is 2.01. The summed E-state index contributed by atoms with van der Waals surface area (Å²) in [5.41, 5.74) is 11.4. The molecule has 2 N–H and O–H groups in total. The lowest BCUT2D eigenvalue weighted by atomic mass is 10.0. The Hall–Kier alpha value is -2.87. The van der Waals surface area contributed by atoms with Crippen LogP contribution >= 0.6 is 0 Å². The average Bonchev–Trinajstić information content (AvgIpc) is 2.88. The highest BCUT2D eigenvalue weighted by Gasteiger charge is 2.14. The van der Waals surface area contributed by atoms with Crippen molar-refractivity contribution in [1.29, 1.82) is 0 Å². The molecule has 4 rings (SSSR count). The highest BCUT2D eigenvalue weighted by molar-refractivity contribution is 5.81.